The second kappa shape index (κ2) is 14.5. The molecule has 3 heterocycles. The van der Waals surface area contributed by atoms with Crippen LogP contribution in [0.5, 0.6) is 23.0 Å². The highest BCUT2D eigenvalue weighted by atomic mass is 32.1. The molecular weight excluding hydrogens is 576 g/mol. The predicted octanol–water partition coefficient (Wildman–Crippen LogP) is 7.22. The Morgan fingerprint density at radius 1 is 0.750 bits per heavy atom. The van der Waals surface area contributed by atoms with Crippen molar-refractivity contribution in [3.05, 3.63) is 82.7 Å². The van der Waals surface area contributed by atoms with Crippen molar-refractivity contribution in [2.45, 2.75) is 57.2 Å². The molecule has 1 aromatic heterocycles. The van der Waals surface area contributed by atoms with Crippen LogP contribution >= 0.6 is 11.3 Å². The molecule has 232 valence electrons. The number of fused-ring (bicyclic) bond motifs is 1. The number of hydrogen-bond donors (Lipinski definition) is 1. The van der Waals surface area contributed by atoms with Crippen molar-refractivity contribution < 1.29 is 28.5 Å². The second-order valence-electron chi connectivity index (χ2n) is 10.8. The van der Waals surface area contributed by atoms with E-state index in [4.69, 9.17) is 18.9 Å². The molecule has 44 heavy (non-hydrogen) atoms. The Morgan fingerprint density at radius 3 is 1.93 bits per heavy atom. The number of benzene rings is 3. The van der Waals surface area contributed by atoms with Gasteiger partial charge >= 0.3 is 0 Å². The largest absolute Gasteiger partial charge is 0.496 e. The van der Waals surface area contributed by atoms with Crippen molar-refractivity contribution >= 4 is 33.2 Å². The molecule has 0 spiro atoms. The standard InChI is InChI=1S/C22H23NO3S.C13H17NO3/c1-25-18-9-6-10-19(26-2)22(18)17-8-5-12-21(24)23(17)14-16-13-15-7-3-4-11-20(15)27-16;1-16-10-6-4-7-11(17-2)13(10)9-5-3-8-12(15)14-9/h3-4,6-7,9-11,13,17H,5,8,12,14H2,1-2H3;4,6-7,9H,3,5,8H2,1-2H3,(H,14,15). The van der Waals surface area contributed by atoms with E-state index in [9.17, 15) is 9.59 Å². The van der Waals surface area contributed by atoms with Gasteiger partial charge in [0.15, 0.2) is 0 Å². The van der Waals surface area contributed by atoms with Crippen molar-refractivity contribution in [1.29, 1.82) is 0 Å². The van der Waals surface area contributed by atoms with Crippen LogP contribution in [0.3, 0.4) is 0 Å². The summed E-state index contributed by atoms with van der Waals surface area (Å²) in [5.41, 5.74) is 1.90. The zero-order valence-electron chi connectivity index (χ0n) is 25.8. The molecule has 3 aromatic carbocycles. The van der Waals surface area contributed by atoms with Gasteiger partial charge in [-0.3, -0.25) is 9.59 Å². The van der Waals surface area contributed by atoms with Gasteiger partial charge in [-0.1, -0.05) is 30.3 Å². The van der Waals surface area contributed by atoms with Gasteiger partial charge in [-0.25, -0.2) is 0 Å². The third-order valence-electron chi connectivity index (χ3n) is 8.21. The number of methoxy groups -OCH3 is 4. The van der Waals surface area contributed by atoms with Crippen molar-refractivity contribution in [2.75, 3.05) is 28.4 Å². The average molecular weight is 617 g/mol. The molecule has 0 bridgehead atoms. The summed E-state index contributed by atoms with van der Waals surface area (Å²) in [6.07, 6.45) is 4.81. The molecule has 2 amide bonds. The van der Waals surface area contributed by atoms with Gasteiger partial charge in [0, 0.05) is 22.4 Å². The molecule has 8 nitrogen and oxygen atoms in total. The van der Waals surface area contributed by atoms with Gasteiger partial charge in [0.05, 0.1) is 58.2 Å². The lowest BCUT2D eigenvalue weighted by atomic mass is 9.93. The van der Waals surface area contributed by atoms with Crippen LogP contribution < -0.4 is 24.3 Å². The minimum atomic E-state index is -0.0393. The summed E-state index contributed by atoms with van der Waals surface area (Å²) in [6, 6.07) is 21.9. The van der Waals surface area contributed by atoms with Crippen LogP contribution in [0.15, 0.2) is 66.7 Å². The summed E-state index contributed by atoms with van der Waals surface area (Å²) in [7, 11) is 6.59. The van der Waals surface area contributed by atoms with Crippen LogP contribution in [0, 0.1) is 0 Å². The topological polar surface area (TPSA) is 86.3 Å². The summed E-state index contributed by atoms with van der Waals surface area (Å²) >= 11 is 1.75. The summed E-state index contributed by atoms with van der Waals surface area (Å²) in [5.74, 6) is 3.35. The van der Waals surface area contributed by atoms with E-state index in [0.29, 0.717) is 19.4 Å². The number of ether oxygens (including phenoxy) is 4. The summed E-state index contributed by atoms with van der Waals surface area (Å²) in [5, 5.41) is 4.21. The normalized spacial score (nSPS) is 18.2. The molecule has 2 unspecified atom stereocenters. The molecule has 2 fully saturated rings. The van der Waals surface area contributed by atoms with Gasteiger partial charge in [-0.2, -0.15) is 0 Å². The van der Waals surface area contributed by atoms with Crippen molar-refractivity contribution in [2.24, 2.45) is 0 Å². The van der Waals surface area contributed by atoms with Crippen LogP contribution in [0.4, 0.5) is 0 Å². The number of amides is 2. The lowest BCUT2D eigenvalue weighted by molar-refractivity contribution is -0.137. The summed E-state index contributed by atoms with van der Waals surface area (Å²) in [6.45, 7) is 0.615. The zero-order chi connectivity index (χ0) is 31.1. The maximum absolute atomic E-state index is 12.8. The number of nitrogens with zero attached hydrogens (tertiary/aromatic N) is 1. The maximum Gasteiger partial charge on any atom is 0.223 e. The van der Waals surface area contributed by atoms with E-state index in [0.717, 1.165) is 59.8 Å². The number of nitrogens with one attached hydrogen (secondary N) is 1. The van der Waals surface area contributed by atoms with Gasteiger partial charge in [0.2, 0.25) is 11.8 Å². The van der Waals surface area contributed by atoms with E-state index >= 15 is 0 Å². The molecule has 2 aliphatic heterocycles. The maximum atomic E-state index is 12.8. The summed E-state index contributed by atoms with van der Waals surface area (Å²) < 4.78 is 23.2. The molecule has 0 aliphatic carbocycles. The van der Waals surface area contributed by atoms with E-state index < -0.39 is 0 Å². The Morgan fingerprint density at radius 2 is 1.34 bits per heavy atom. The third-order valence-corrected chi connectivity index (χ3v) is 9.31. The molecule has 2 atom stereocenters. The first-order valence-electron chi connectivity index (χ1n) is 14.9. The number of thiophene rings is 1. The molecular formula is C35H40N2O6S. The minimum absolute atomic E-state index is 0.0117. The molecule has 2 saturated heterocycles. The van der Waals surface area contributed by atoms with Gasteiger partial charge in [-0.15, -0.1) is 11.3 Å². The quantitative estimate of drug-likeness (QED) is 0.225. The van der Waals surface area contributed by atoms with Crippen LogP contribution in [0.2, 0.25) is 0 Å². The highest BCUT2D eigenvalue weighted by molar-refractivity contribution is 7.19. The van der Waals surface area contributed by atoms with E-state index in [1.54, 1.807) is 39.8 Å². The number of hydrogen-bond acceptors (Lipinski definition) is 7. The van der Waals surface area contributed by atoms with Gasteiger partial charge in [-0.05, 0) is 67.5 Å². The zero-order valence-corrected chi connectivity index (χ0v) is 26.6. The smallest absolute Gasteiger partial charge is 0.223 e. The molecule has 0 radical (unpaired) electrons. The Kier molecular flexibility index (Phi) is 10.3. The van der Waals surface area contributed by atoms with Gasteiger partial charge in [0.25, 0.3) is 0 Å². The van der Waals surface area contributed by atoms with E-state index in [-0.39, 0.29) is 23.9 Å². The Bertz CT molecular complexity index is 1520. The van der Waals surface area contributed by atoms with Crippen molar-refractivity contribution in [3.8, 4) is 23.0 Å². The number of carbonyl (C=O) groups excluding carboxylic acids is 2. The Hall–Kier alpha value is -4.24. The minimum Gasteiger partial charge on any atom is -0.496 e. The molecule has 2 aliphatic rings. The lowest BCUT2D eigenvalue weighted by Crippen LogP contribution is -2.37. The monoisotopic (exact) mass is 616 g/mol. The first-order chi connectivity index (χ1) is 21.5. The van der Waals surface area contributed by atoms with Crippen molar-refractivity contribution in [3.63, 3.8) is 0 Å². The molecule has 4 aromatic rings. The van der Waals surface area contributed by atoms with Crippen LogP contribution in [-0.4, -0.2) is 45.2 Å². The van der Waals surface area contributed by atoms with E-state index in [1.807, 2.05) is 47.4 Å². The average Bonchev–Trinajstić information content (AvgIpc) is 3.47. The van der Waals surface area contributed by atoms with E-state index in [1.165, 1.54) is 15.0 Å². The Balaban J connectivity index is 0.000000195. The fourth-order valence-electron chi connectivity index (χ4n) is 6.15. The second-order valence-corrected chi connectivity index (χ2v) is 12.0. The SMILES string of the molecule is COc1cccc(OC)c1C1CCCC(=O)N1.COc1cccc(OC)c1C1CCCC(=O)N1Cc1cc2ccccc2s1. The fourth-order valence-corrected chi connectivity index (χ4v) is 7.22. The van der Waals surface area contributed by atoms with E-state index in [2.05, 4.69) is 29.6 Å². The van der Waals surface area contributed by atoms with Crippen LogP contribution in [0.25, 0.3) is 10.1 Å². The molecule has 6 rings (SSSR count). The van der Waals surface area contributed by atoms with Gasteiger partial charge < -0.3 is 29.2 Å². The highest BCUT2D eigenvalue weighted by Gasteiger charge is 2.33. The predicted molar refractivity (Wildman–Crippen MR) is 173 cm³/mol. The molecule has 1 N–H and O–H groups in total. The first kappa shape index (κ1) is 31.2. The molecule has 9 heteroatoms. The fraction of sp³-hybridized carbons (Fsp3) is 0.371. The van der Waals surface area contributed by atoms with Crippen LogP contribution in [0.1, 0.15) is 66.6 Å². The summed E-state index contributed by atoms with van der Waals surface area (Å²) in [4.78, 5) is 27.5. The Labute approximate surface area is 262 Å². The lowest BCUT2D eigenvalue weighted by Gasteiger charge is -2.37. The number of likely N-dealkylation sites (tertiary alicyclic amines) is 1. The molecule has 0 saturated carbocycles. The number of rotatable bonds is 8. The number of piperidine rings is 2. The first-order valence-corrected chi connectivity index (χ1v) is 15.8. The van der Waals surface area contributed by atoms with Crippen LogP contribution in [-0.2, 0) is 16.1 Å². The van der Waals surface area contributed by atoms with Gasteiger partial charge in [0.1, 0.15) is 23.0 Å². The third kappa shape index (κ3) is 6.78. The highest BCUT2D eigenvalue weighted by Crippen LogP contribution is 2.43. The number of carbonyl (C=O) groups is 2. The van der Waals surface area contributed by atoms with Crippen molar-refractivity contribution in [1.82, 2.24) is 10.2 Å².